The Labute approximate surface area is 242 Å². The SMILES string of the molecule is C[N+](C)(C)CC(=O)NCCNC(=O)c1ccc(Nc2nccn3c(-c4cn[nH]c4C(F)(F)F)cnc23)cc1Cl.O=C[O-]. The summed E-state index contributed by atoms with van der Waals surface area (Å²) < 4.78 is 42.0. The number of carbonyl (C=O) groups is 3. The highest BCUT2D eigenvalue weighted by Gasteiger charge is 2.36. The van der Waals surface area contributed by atoms with Crippen LogP contribution in [-0.2, 0) is 15.8 Å². The number of imidazole rings is 1. The number of aromatic amines is 1. The molecule has 0 atom stereocenters. The number of likely N-dealkylation sites (N-methyl/N-ethyl adjacent to an activating group) is 1. The largest absolute Gasteiger partial charge is 0.554 e. The molecular formula is C25H27ClF3N9O4. The number of rotatable bonds is 9. The van der Waals surface area contributed by atoms with Crippen molar-refractivity contribution >= 4 is 47.0 Å². The van der Waals surface area contributed by atoms with Crippen LogP contribution in [0.3, 0.4) is 0 Å². The first kappa shape index (κ1) is 31.8. The summed E-state index contributed by atoms with van der Waals surface area (Å²) in [4.78, 5) is 41.2. The quantitative estimate of drug-likeness (QED) is 0.126. The van der Waals surface area contributed by atoms with E-state index >= 15 is 0 Å². The van der Waals surface area contributed by atoms with Crippen molar-refractivity contribution in [3.63, 3.8) is 0 Å². The second-order valence-electron chi connectivity index (χ2n) is 9.74. The van der Waals surface area contributed by atoms with Crippen molar-refractivity contribution in [2.75, 3.05) is 46.1 Å². The van der Waals surface area contributed by atoms with E-state index < -0.39 is 24.2 Å². The van der Waals surface area contributed by atoms with Gasteiger partial charge in [0.1, 0.15) is 5.69 Å². The molecule has 0 unspecified atom stereocenters. The van der Waals surface area contributed by atoms with Gasteiger partial charge in [0.2, 0.25) is 0 Å². The number of nitrogens with zero attached hydrogens (tertiary/aromatic N) is 5. The number of hydrogen-bond acceptors (Lipinski definition) is 8. The van der Waals surface area contributed by atoms with Crippen molar-refractivity contribution in [1.82, 2.24) is 35.2 Å². The zero-order chi connectivity index (χ0) is 31.1. The first-order valence-corrected chi connectivity index (χ1v) is 12.5. The second kappa shape index (κ2) is 13.3. The van der Waals surface area contributed by atoms with E-state index in [4.69, 9.17) is 21.5 Å². The highest BCUT2D eigenvalue weighted by atomic mass is 35.5. The van der Waals surface area contributed by atoms with Gasteiger partial charge in [-0.25, -0.2) is 9.97 Å². The number of anilines is 2. The van der Waals surface area contributed by atoms with E-state index in [0.717, 1.165) is 6.20 Å². The van der Waals surface area contributed by atoms with Gasteiger partial charge in [-0.15, -0.1) is 0 Å². The maximum Gasteiger partial charge on any atom is 0.433 e. The molecule has 224 valence electrons. The van der Waals surface area contributed by atoms with Gasteiger partial charge in [0, 0.05) is 37.6 Å². The van der Waals surface area contributed by atoms with Gasteiger partial charge < -0.3 is 30.3 Å². The van der Waals surface area contributed by atoms with E-state index in [1.54, 1.807) is 6.07 Å². The molecule has 0 bridgehead atoms. The standard InChI is InChI=1S/C24H25ClF3N9O2.CH2O2/c1-37(2,3)13-19(38)29-6-7-31-23(39)15-5-4-14(10-17(15)25)34-21-22-32-12-18(36(22)9-8-30-21)16-11-33-35-20(16)24(26,27)28;2-1-3/h4-5,8-12H,6-7,13H2,1-3H3,(H3-,29,30,31,33,34,35,38,39);1H,(H,2,3). The van der Waals surface area contributed by atoms with Crippen molar-refractivity contribution in [2.24, 2.45) is 0 Å². The molecule has 4 rings (SSSR count). The Morgan fingerprint density at radius 1 is 1.14 bits per heavy atom. The molecule has 17 heteroatoms. The Hall–Kier alpha value is -4.70. The lowest BCUT2D eigenvalue weighted by Gasteiger charge is -2.22. The molecule has 3 aromatic heterocycles. The maximum absolute atomic E-state index is 13.4. The summed E-state index contributed by atoms with van der Waals surface area (Å²) in [5.74, 6) is -0.270. The minimum absolute atomic E-state index is 0.121. The molecule has 0 saturated heterocycles. The number of nitrogens with one attached hydrogen (secondary N) is 4. The smallest absolute Gasteiger partial charge is 0.433 e. The van der Waals surface area contributed by atoms with Gasteiger partial charge in [-0.1, -0.05) is 11.6 Å². The number of fused-ring (bicyclic) bond motifs is 1. The summed E-state index contributed by atoms with van der Waals surface area (Å²) in [5.41, 5.74) is 0.0194. The molecule has 2 amide bonds. The zero-order valence-electron chi connectivity index (χ0n) is 22.6. The molecule has 0 saturated carbocycles. The van der Waals surface area contributed by atoms with Gasteiger partial charge in [0.05, 0.1) is 55.4 Å². The van der Waals surface area contributed by atoms with E-state index in [1.165, 1.54) is 35.1 Å². The van der Waals surface area contributed by atoms with Crippen LogP contribution in [-0.4, -0.2) is 88.1 Å². The number of carboxylic acid groups (broad SMARTS) is 1. The number of quaternary nitrogens is 1. The van der Waals surface area contributed by atoms with Crippen molar-refractivity contribution < 1.29 is 37.1 Å². The maximum atomic E-state index is 13.4. The molecule has 1 aromatic carbocycles. The molecular weight excluding hydrogens is 583 g/mol. The average molecular weight is 610 g/mol. The summed E-state index contributed by atoms with van der Waals surface area (Å²) in [5, 5.41) is 22.4. The van der Waals surface area contributed by atoms with E-state index in [2.05, 4.69) is 31.0 Å². The van der Waals surface area contributed by atoms with Crippen LogP contribution in [0.25, 0.3) is 16.9 Å². The van der Waals surface area contributed by atoms with Gasteiger partial charge in [0.15, 0.2) is 18.0 Å². The fourth-order valence-corrected chi connectivity index (χ4v) is 4.04. The van der Waals surface area contributed by atoms with Crippen LogP contribution in [0.5, 0.6) is 0 Å². The van der Waals surface area contributed by atoms with E-state index in [9.17, 15) is 22.8 Å². The fourth-order valence-electron chi connectivity index (χ4n) is 3.78. The third kappa shape index (κ3) is 8.17. The van der Waals surface area contributed by atoms with Crippen LogP contribution >= 0.6 is 11.6 Å². The number of amides is 2. The Morgan fingerprint density at radius 2 is 1.83 bits per heavy atom. The van der Waals surface area contributed by atoms with Gasteiger partial charge in [0.25, 0.3) is 11.8 Å². The molecule has 0 radical (unpaired) electrons. The normalized spacial score (nSPS) is 11.4. The highest BCUT2D eigenvalue weighted by molar-refractivity contribution is 6.34. The minimum atomic E-state index is -4.62. The summed E-state index contributed by atoms with van der Waals surface area (Å²) in [6.07, 6.45) is 0.669. The van der Waals surface area contributed by atoms with Gasteiger partial charge in [-0.2, -0.15) is 18.3 Å². The third-order valence-corrected chi connectivity index (χ3v) is 5.77. The number of H-pyrrole nitrogens is 1. The average Bonchev–Trinajstić information content (AvgIpc) is 3.54. The van der Waals surface area contributed by atoms with E-state index in [1.807, 2.05) is 26.2 Å². The first-order chi connectivity index (χ1) is 19.7. The van der Waals surface area contributed by atoms with Crippen LogP contribution in [0.1, 0.15) is 16.1 Å². The Kier molecular flexibility index (Phi) is 10.1. The Balaban J connectivity index is 0.00000155. The van der Waals surface area contributed by atoms with Crippen LogP contribution in [0.4, 0.5) is 24.7 Å². The third-order valence-electron chi connectivity index (χ3n) is 5.45. The lowest BCUT2D eigenvalue weighted by atomic mass is 10.2. The van der Waals surface area contributed by atoms with Crippen molar-refractivity contribution in [3.05, 3.63) is 59.3 Å². The number of carbonyl (C=O) groups excluding carboxylic acids is 3. The van der Waals surface area contributed by atoms with E-state index in [0.29, 0.717) is 16.7 Å². The molecule has 0 aliphatic rings. The zero-order valence-corrected chi connectivity index (χ0v) is 23.4. The summed E-state index contributed by atoms with van der Waals surface area (Å²) in [6, 6.07) is 4.65. The van der Waals surface area contributed by atoms with Crippen LogP contribution in [0.15, 0.2) is 43.0 Å². The molecule has 4 N–H and O–H groups in total. The van der Waals surface area contributed by atoms with Crippen molar-refractivity contribution in [3.8, 4) is 11.3 Å². The van der Waals surface area contributed by atoms with Gasteiger partial charge in [-0.3, -0.25) is 19.1 Å². The summed E-state index contributed by atoms with van der Waals surface area (Å²) in [7, 11) is 5.71. The van der Waals surface area contributed by atoms with Crippen LogP contribution in [0, 0.1) is 0 Å². The van der Waals surface area contributed by atoms with Crippen LogP contribution < -0.4 is 21.1 Å². The number of halogens is 4. The molecule has 0 fully saturated rings. The van der Waals surface area contributed by atoms with E-state index in [-0.39, 0.29) is 52.3 Å². The van der Waals surface area contributed by atoms with Crippen LogP contribution in [0.2, 0.25) is 5.02 Å². The number of benzene rings is 1. The number of alkyl halides is 3. The first-order valence-electron chi connectivity index (χ1n) is 12.2. The molecule has 4 aromatic rings. The fraction of sp³-hybridized carbons (Fsp3) is 0.280. The predicted octanol–water partition coefficient (Wildman–Crippen LogP) is 1.45. The van der Waals surface area contributed by atoms with Crippen molar-refractivity contribution in [1.29, 1.82) is 0 Å². The van der Waals surface area contributed by atoms with Gasteiger partial charge >= 0.3 is 6.18 Å². The Morgan fingerprint density at radius 3 is 2.48 bits per heavy atom. The molecule has 13 nitrogen and oxygen atoms in total. The number of aromatic nitrogens is 5. The second-order valence-corrected chi connectivity index (χ2v) is 10.1. The Bertz CT molecular complexity index is 1560. The summed E-state index contributed by atoms with van der Waals surface area (Å²) in [6.45, 7) is 0.306. The lowest BCUT2D eigenvalue weighted by Crippen LogP contribution is -2.45. The number of hydrogen-bond donors (Lipinski definition) is 4. The monoisotopic (exact) mass is 609 g/mol. The minimum Gasteiger partial charge on any atom is -0.554 e. The predicted molar refractivity (Wildman–Crippen MR) is 145 cm³/mol. The molecule has 0 aliphatic heterocycles. The molecule has 0 spiro atoms. The molecule has 3 heterocycles. The molecule has 42 heavy (non-hydrogen) atoms. The highest BCUT2D eigenvalue weighted by Crippen LogP contribution is 2.36. The topological polar surface area (TPSA) is 169 Å². The lowest BCUT2D eigenvalue weighted by molar-refractivity contribution is -0.862. The van der Waals surface area contributed by atoms with Crippen molar-refractivity contribution in [2.45, 2.75) is 6.18 Å². The van der Waals surface area contributed by atoms with Gasteiger partial charge in [-0.05, 0) is 18.2 Å². The molecule has 0 aliphatic carbocycles. The summed E-state index contributed by atoms with van der Waals surface area (Å²) >= 11 is 6.35.